The van der Waals surface area contributed by atoms with Crippen molar-refractivity contribution < 1.29 is 4.79 Å². The van der Waals surface area contributed by atoms with Gasteiger partial charge in [-0.25, -0.2) is 0 Å². The number of rotatable bonds is 3. The third-order valence-corrected chi connectivity index (χ3v) is 3.06. The Labute approximate surface area is 111 Å². The second-order valence-corrected chi connectivity index (χ2v) is 4.70. The Hall–Kier alpha value is -1.74. The monoisotopic (exact) mass is 262 g/mol. The van der Waals surface area contributed by atoms with Gasteiger partial charge in [0.15, 0.2) is 0 Å². The van der Waals surface area contributed by atoms with Crippen LogP contribution in [0.5, 0.6) is 0 Å². The van der Waals surface area contributed by atoms with Crippen molar-refractivity contribution in [1.29, 1.82) is 0 Å². The summed E-state index contributed by atoms with van der Waals surface area (Å²) in [5.74, 6) is -0.0559. The van der Waals surface area contributed by atoms with Gasteiger partial charge in [-0.05, 0) is 44.2 Å². The Bertz CT molecular complexity index is 555. The molecule has 0 aliphatic carbocycles. The SMILES string of the molecule is Cc1ccc(C)n1CC(=O)Nc1cccc(Cl)c1. The van der Waals surface area contributed by atoms with Gasteiger partial charge in [0, 0.05) is 22.1 Å². The average molecular weight is 263 g/mol. The molecule has 4 heteroatoms. The van der Waals surface area contributed by atoms with E-state index < -0.39 is 0 Å². The van der Waals surface area contributed by atoms with E-state index in [0.29, 0.717) is 11.6 Å². The first kappa shape index (κ1) is 12.7. The number of halogens is 1. The largest absolute Gasteiger partial charge is 0.340 e. The fraction of sp³-hybridized carbons (Fsp3) is 0.214. The summed E-state index contributed by atoms with van der Waals surface area (Å²) in [5.41, 5.74) is 2.87. The standard InChI is InChI=1S/C14H15ClN2O/c1-10-6-7-11(2)17(10)9-14(18)16-13-5-3-4-12(15)8-13/h3-8H,9H2,1-2H3,(H,16,18). The molecule has 94 valence electrons. The topological polar surface area (TPSA) is 34.0 Å². The summed E-state index contributed by atoms with van der Waals surface area (Å²) in [6.45, 7) is 4.29. The number of nitrogens with zero attached hydrogens (tertiary/aromatic N) is 1. The van der Waals surface area contributed by atoms with Crippen molar-refractivity contribution in [1.82, 2.24) is 4.57 Å². The lowest BCUT2D eigenvalue weighted by Crippen LogP contribution is -2.20. The number of hydrogen-bond donors (Lipinski definition) is 1. The zero-order chi connectivity index (χ0) is 13.1. The summed E-state index contributed by atoms with van der Waals surface area (Å²) in [6, 6.07) is 11.1. The highest BCUT2D eigenvalue weighted by Gasteiger charge is 2.07. The molecule has 0 saturated heterocycles. The molecule has 1 amide bonds. The molecule has 0 radical (unpaired) electrons. The summed E-state index contributed by atoms with van der Waals surface area (Å²) in [7, 11) is 0. The Morgan fingerprint density at radius 1 is 1.22 bits per heavy atom. The van der Waals surface area contributed by atoms with Crippen LogP contribution < -0.4 is 5.32 Å². The molecule has 0 aliphatic heterocycles. The van der Waals surface area contributed by atoms with Gasteiger partial charge in [0.05, 0.1) is 0 Å². The molecule has 1 N–H and O–H groups in total. The molecule has 0 aliphatic rings. The minimum Gasteiger partial charge on any atom is -0.340 e. The van der Waals surface area contributed by atoms with Crippen LogP contribution in [-0.2, 0) is 11.3 Å². The molecule has 18 heavy (non-hydrogen) atoms. The molecule has 0 saturated carbocycles. The highest BCUT2D eigenvalue weighted by molar-refractivity contribution is 6.30. The van der Waals surface area contributed by atoms with Gasteiger partial charge < -0.3 is 9.88 Å². The lowest BCUT2D eigenvalue weighted by Gasteiger charge is -2.10. The fourth-order valence-electron chi connectivity index (χ4n) is 1.86. The van der Waals surface area contributed by atoms with Crippen molar-refractivity contribution in [2.75, 3.05) is 5.32 Å². The van der Waals surface area contributed by atoms with Gasteiger partial charge in [0.2, 0.25) is 5.91 Å². The van der Waals surface area contributed by atoms with Crippen molar-refractivity contribution in [3.63, 3.8) is 0 Å². The van der Waals surface area contributed by atoms with Gasteiger partial charge in [0.25, 0.3) is 0 Å². The highest BCUT2D eigenvalue weighted by atomic mass is 35.5. The van der Waals surface area contributed by atoms with Gasteiger partial charge >= 0.3 is 0 Å². The zero-order valence-electron chi connectivity index (χ0n) is 10.4. The van der Waals surface area contributed by atoms with Crippen molar-refractivity contribution >= 4 is 23.2 Å². The van der Waals surface area contributed by atoms with E-state index in [1.165, 1.54) is 0 Å². The minimum atomic E-state index is -0.0559. The third kappa shape index (κ3) is 2.93. The van der Waals surface area contributed by atoms with Crippen molar-refractivity contribution in [3.05, 3.63) is 52.8 Å². The number of anilines is 1. The van der Waals surface area contributed by atoms with Gasteiger partial charge in [-0.2, -0.15) is 0 Å². The smallest absolute Gasteiger partial charge is 0.244 e. The molecule has 0 bridgehead atoms. The summed E-state index contributed by atoms with van der Waals surface area (Å²) < 4.78 is 1.97. The Morgan fingerprint density at radius 2 is 1.89 bits per heavy atom. The van der Waals surface area contributed by atoms with Crippen LogP contribution in [0.2, 0.25) is 5.02 Å². The van der Waals surface area contributed by atoms with Crippen molar-refractivity contribution in [2.45, 2.75) is 20.4 Å². The summed E-state index contributed by atoms with van der Waals surface area (Å²) in [5, 5.41) is 3.44. The Balaban J connectivity index is 2.06. The lowest BCUT2D eigenvalue weighted by atomic mass is 10.3. The van der Waals surface area contributed by atoms with Crippen LogP contribution in [0.4, 0.5) is 5.69 Å². The minimum absolute atomic E-state index is 0.0559. The van der Waals surface area contributed by atoms with E-state index in [2.05, 4.69) is 5.32 Å². The normalized spacial score (nSPS) is 10.4. The molecular formula is C14H15ClN2O. The maximum Gasteiger partial charge on any atom is 0.244 e. The predicted octanol–water partition coefficient (Wildman–Crippen LogP) is 3.40. The molecule has 3 nitrogen and oxygen atoms in total. The number of aryl methyl sites for hydroxylation is 2. The molecule has 1 heterocycles. The summed E-state index contributed by atoms with van der Waals surface area (Å²) in [6.07, 6.45) is 0. The lowest BCUT2D eigenvalue weighted by molar-refractivity contribution is -0.116. The summed E-state index contributed by atoms with van der Waals surface area (Å²) in [4.78, 5) is 11.9. The van der Waals surface area contributed by atoms with Crippen molar-refractivity contribution in [2.24, 2.45) is 0 Å². The number of hydrogen-bond acceptors (Lipinski definition) is 1. The van der Waals surface area contributed by atoms with Crippen LogP contribution in [0.1, 0.15) is 11.4 Å². The number of carbonyl (C=O) groups is 1. The van der Waals surface area contributed by atoms with E-state index >= 15 is 0 Å². The van der Waals surface area contributed by atoms with Crippen LogP contribution in [0, 0.1) is 13.8 Å². The van der Waals surface area contributed by atoms with E-state index in [0.717, 1.165) is 17.1 Å². The second kappa shape index (κ2) is 5.27. The number of benzene rings is 1. The van der Waals surface area contributed by atoms with Gasteiger partial charge in [-0.3, -0.25) is 4.79 Å². The Morgan fingerprint density at radius 3 is 2.50 bits per heavy atom. The van der Waals surface area contributed by atoms with Crippen LogP contribution in [-0.4, -0.2) is 10.5 Å². The Kier molecular flexibility index (Phi) is 3.72. The fourth-order valence-corrected chi connectivity index (χ4v) is 2.05. The van der Waals surface area contributed by atoms with E-state index in [1.54, 1.807) is 12.1 Å². The van der Waals surface area contributed by atoms with Gasteiger partial charge in [0.1, 0.15) is 6.54 Å². The van der Waals surface area contributed by atoms with E-state index in [-0.39, 0.29) is 5.91 Å². The van der Waals surface area contributed by atoms with Gasteiger partial charge in [-0.1, -0.05) is 17.7 Å². The van der Waals surface area contributed by atoms with E-state index in [9.17, 15) is 4.79 Å². The zero-order valence-corrected chi connectivity index (χ0v) is 11.2. The average Bonchev–Trinajstić information content (AvgIpc) is 2.61. The number of nitrogens with one attached hydrogen (secondary N) is 1. The molecule has 2 aromatic rings. The molecule has 1 aromatic carbocycles. The third-order valence-electron chi connectivity index (χ3n) is 2.83. The van der Waals surface area contributed by atoms with E-state index in [4.69, 9.17) is 11.6 Å². The number of amides is 1. The number of aromatic nitrogens is 1. The second-order valence-electron chi connectivity index (χ2n) is 4.26. The van der Waals surface area contributed by atoms with Crippen LogP contribution in [0.15, 0.2) is 36.4 Å². The quantitative estimate of drug-likeness (QED) is 0.904. The van der Waals surface area contributed by atoms with E-state index in [1.807, 2.05) is 42.7 Å². The molecule has 0 atom stereocenters. The first-order valence-electron chi connectivity index (χ1n) is 5.74. The molecule has 2 rings (SSSR count). The van der Waals surface area contributed by atoms with Crippen molar-refractivity contribution in [3.8, 4) is 0 Å². The molecular weight excluding hydrogens is 248 g/mol. The number of carbonyl (C=O) groups excluding carboxylic acids is 1. The summed E-state index contributed by atoms with van der Waals surface area (Å²) >= 11 is 5.86. The maximum atomic E-state index is 11.9. The first-order valence-corrected chi connectivity index (χ1v) is 6.12. The first-order chi connectivity index (χ1) is 8.56. The van der Waals surface area contributed by atoms with Crippen LogP contribution in [0.3, 0.4) is 0 Å². The maximum absolute atomic E-state index is 11.9. The van der Waals surface area contributed by atoms with Gasteiger partial charge in [-0.15, -0.1) is 0 Å². The molecule has 1 aromatic heterocycles. The molecule has 0 unspecified atom stereocenters. The highest BCUT2D eigenvalue weighted by Crippen LogP contribution is 2.15. The van der Waals surface area contributed by atoms with Crippen LogP contribution in [0.25, 0.3) is 0 Å². The molecule has 0 fully saturated rings. The predicted molar refractivity (Wildman–Crippen MR) is 74.0 cm³/mol. The molecule has 0 spiro atoms. The van der Waals surface area contributed by atoms with Crippen LogP contribution >= 0.6 is 11.6 Å².